The Kier molecular flexibility index (Phi) is 4.78. The molecule has 1 fully saturated rings. The molecule has 3 aromatic rings. The van der Waals surface area contributed by atoms with Gasteiger partial charge in [0.1, 0.15) is 0 Å². The molecule has 0 atom stereocenters. The quantitative estimate of drug-likeness (QED) is 0.688. The molecule has 1 aromatic carbocycles. The number of hydrogen-bond donors (Lipinski definition) is 2. The molecule has 1 spiro atoms. The first-order valence-corrected chi connectivity index (χ1v) is 10.4. The van der Waals surface area contributed by atoms with Crippen molar-refractivity contribution in [2.45, 2.75) is 24.7 Å². The first-order valence-electron chi connectivity index (χ1n) is 10.4. The van der Waals surface area contributed by atoms with Gasteiger partial charge in [-0.25, -0.2) is 4.98 Å². The van der Waals surface area contributed by atoms with Gasteiger partial charge in [-0.05, 0) is 36.1 Å². The lowest BCUT2D eigenvalue weighted by atomic mass is 9.74. The Bertz CT molecular complexity index is 1050. The number of imidazole rings is 1. The van der Waals surface area contributed by atoms with Crippen molar-refractivity contribution >= 4 is 17.8 Å². The van der Waals surface area contributed by atoms with Gasteiger partial charge in [0.15, 0.2) is 11.5 Å². The van der Waals surface area contributed by atoms with Crippen LogP contribution in [0.3, 0.4) is 0 Å². The summed E-state index contributed by atoms with van der Waals surface area (Å²) in [6.45, 7) is 2.36. The molecule has 7 heteroatoms. The molecule has 0 unspecified atom stereocenters. The molecule has 7 nitrogen and oxygen atoms in total. The summed E-state index contributed by atoms with van der Waals surface area (Å²) >= 11 is 0. The molecule has 2 N–H and O–H groups in total. The van der Waals surface area contributed by atoms with Crippen molar-refractivity contribution in [2.75, 3.05) is 24.5 Å². The molecule has 1 aliphatic carbocycles. The number of carbonyl (C=O) groups excluding carboxylic acids is 1. The largest absolute Gasteiger partial charge is 0.355 e. The van der Waals surface area contributed by atoms with Crippen molar-refractivity contribution in [2.24, 2.45) is 0 Å². The minimum absolute atomic E-state index is 0.148. The van der Waals surface area contributed by atoms with Crippen LogP contribution in [0.4, 0.5) is 5.82 Å². The second-order valence-electron chi connectivity index (χ2n) is 7.92. The van der Waals surface area contributed by atoms with Crippen LogP contribution in [0.15, 0.2) is 55.0 Å². The number of aromatic nitrogens is 4. The Balaban J connectivity index is 1.18. The van der Waals surface area contributed by atoms with E-state index in [1.165, 1.54) is 11.1 Å². The highest BCUT2D eigenvalue weighted by Crippen LogP contribution is 2.43. The van der Waals surface area contributed by atoms with E-state index in [-0.39, 0.29) is 11.3 Å². The van der Waals surface area contributed by atoms with Crippen LogP contribution in [0, 0.1) is 0 Å². The zero-order valence-corrected chi connectivity index (χ0v) is 16.7. The van der Waals surface area contributed by atoms with Crippen LogP contribution < -0.4 is 10.2 Å². The van der Waals surface area contributed by atoms with Crippen LogP contribution in [0.1, 0.15) is 40.2 Å². The normalized spacial score (nSPS) is 16.6. The third kappa shape index (κ3) is 3.47. The van der Waals surface area contributed by atoms with Crippen molar-refractivity contribution in [3.63, 3.8) is 0 Å². The van der Waals surface area contributed by atoms with Crippen molar-refractivity contribution in [1.82, 2.24) is 25.5 Å². The summed E-state index contributed by atoms with van der Waals surface area (Å²) in [4.78, 5) is 21.5. The molecule has 1 amide bonds. The van der Waals surface area contributed by atoms with E-state index in [9.17, 15) is 4.79 Å². The molecule has 1 aliphatic heterocycles. The number of aromatic amines is 1. The summed E-state index contributed by atoms with van der Waals surface area (Å²) in [7, 11) is 0. The van der Waals surface area contributed by atoms with Gasteiger partial charge in [-0.3, -0.25) is 4.79 Å². The number of carbonyl (C=O) groups is 1. The number of hydrogen-bond acceptors (Lipinski definition) is 5. The Morgan fingerprint density at radius 1 is 1.13 bits per heavy atom. The van der Waals surface area contributed by atoms with E-state index in [1.54, 1.807) is 18.6 Å². The maximum absolute atomic E-state index is 12.3. The number of rotatable bonds is 5. The summed E-state index contributed by atoms with van der Waals surface area (Å²) in [5.74, 6) is 0.619. The molecule has 0 saturated carbocycles. The molecule has 2 aliphatic rings. The number of nitrogens with zero attached hydrogens (tertiary/aromatic N) is 4. The van der Waals surface area contributed by atoms with Gasteiger partial charge in [-0.2, -0.15) is 0 Å². The fourth-order valence-corrected chi connectivity index (χ4v) is 4.44. The minimum Gasteiger partial charge on any atom is -0.355 e. The zero-order valence-electron chi connectivity index (χ0n) is 16.7. The molecular weight excluding hydrogens is 376 g/mol. The minimum atomic E-state index is -0.209. The van der Waals surface area contributed by atoms with Gasteiger partial charge < -0.3 is 15.2 Å². The van der Waals surface area contributed by atoms with Crippen LogP contribution in [0.2, 0.25) is 0 Å². The zero-order chi connectivity index (χ0) is 20.4. The van der Waals surface area contributed by atoms with E-state index in [4.69, 9.17) is 0 Å². The van der Waals surface area contributed by atoms with E-state index >= 15 is 0 Å². The summed E-state index contributed by atoms with van der Waals surface area (Å²) < 4.78 is 0. The molecule has 152 valence electrons. The van der Waals surface area contributed by atoms with E-state index in [1.807, 2.05) is 6.07 Å². The summed E-state index contributed by atoms with van der Waals surface area (Å²) in [5, 5.41) is 11.3. The number of allylic oxidation sites excluding steroid dienone is 1. The maximum Gasteiger partial charge on any atom is 0.271 e. The number of nitrogens with one attached hydrogen (secondary N) is 2. The van der Waals surface area contributed by atoms with Gasteiger partial charge in [-0.1, -0.05) is 36.4 Å². The van der Waals surface area contributed by atoms with E-state index < -0.39 is 0 Å². The van der Waals surface area contributed by atoms with Gasteiger partial charge in [0.2, 0.25) is 0 Å². The van der Waals surface area contributed by atoms with Crippen LogP contribution in [0.5, 0.6) is 0 Å². The number of fused-ring (bicyclic) bond motifs is 2. The fraction of sp³-hybridized carbons (Fsp3) is 0.304. The molecule has 2 aromatic heterocycles. The number of H-pyrrole nitrogens is 1. The Morgan fingerprint density at radius 2 is 2.00 bits per heavy atom. The van der Waals surface area contributed by atoms with Gasteiger partial charge in [0.05, 0.1) is 6.33 Å². The molecule has 0 bridgehead atoms. The predicted octanol–water partition coefficient (Wildman–Crippen LogP) is 2.74. The van der Waals surface area contributed by atoms with E-state index in [2.05, 4.69) is 66.8 Å². The van der Waals surface area contributed by atoms with Gasteiger partial charge in [0.25, 0.3) is 5.91 Å². The third-order valence-electron chi connectivity index (χ3n) is 6.18. The second kappa shape index (κ2) is 7.74. The standard InChI is InChI=1S/C23H24N6O/c30-22(25-12-8-18-15-24-16-26-18)20-5-6-21(28-27-20)29-13-10-23(11-14-29)9-7-17-3-1-2-4-19(17)23/h1-7,9,15-16H,8,10-14H2,(H,24,26)(H,25,30). The lowest BCUT2D eigenvalue weighted by Gasteiger charge is -2.39. The topological polar surface area (TPSA) is 86.8 Å². The van der Waals surface area contributed by atoms with Crippen molar-refractivity contribution in [3.05, 3.63) is 77.5 Å². The highest BCUT2D eigenvalue weighted by molar-refractivity contribution is 5.92. The lowest BCUT2D eigenvalue weighted by Crippen LogP contribution is -2.41. The summed E-state index contributed by atoms with van der Waals surface area (Å²) in [6.07, 6.45) is 10.8. The average molecular weight is 400 g/mol. The highest BCUT2D eigenvalue weighted by Gasteiger charge is 2.38. The first kappa shape index (κ1) is 18.5. The predicted molar refractivity (Wildman–Crippen MR) is 115 cm³/mol. The molecular formula is C23H24N6O. The molecule has 5 rings (SSSR count). The average Bonchev–Trinajstić information content (AvgIpc) is 3.44. The van der Waals surface area contributed by atoms with Gasteiger partial charge in [0, 0.05) is 43.4 Å². The van der Waals surface area contributed by atoms with Crippen LogP contribution in [-0.4, -0.2) is 45.7 Å². The molecule has 0 radical (unpaired) electrons. The Labute approximate surface area is 175 Å². The molecule has 1 saturated heterocycles. The number of benzene rings is 1. The number of anilines is 1. The van der Waals surface area contributed by atoms with Gasteiger partial charge >= 0.3 is 0 Å². The molecule has 30 heavy (non-hydrogen) atoms. The van der Waals surface area contributed by atoms with Crippen molar-refractivity contribution in [1.29, 1.82) is 0 Å². The van der Waals surface area contributed by atoms with Crippen molar-refractivity contribution in [3.8, 4) is 0 Å². The Morgan fingerprint density at radius 3 is 2.77 bits per heavy atom. The summed E-state index contributed by atoms with van der Waals surface area (Å²) in [5.41, 5.74) is 4.25. The van der Waals surface area contributed by atoms with Crippen molar-refractivity contribution < 1.29 is 4.79 Å². The molecule has 3 heterocycles. The van der Waals surface area contributed by atoms with Crippen LogP contribution in [-0.2, 0) is 11.8 Å². The monoisotopic (exact) mass is 400 g/mol. The Hall–Kier alpha value is -3.48. The number of piperidine rings is 1. The van der Waals surface area contributed by atoms with Gasteiger partial charge in [-0.15, -0.1) is 10.2 Å². The second-order valence-corrected chi connectivity index (χ2v) is 7.92. The van der Waals surface area contributed by atoms with Crippen LogP contribution in [0.25, 0.3) is 6.08 Å². The third-order valence-corrected chi connectivity index (χ3v) is 6.18. The highest BCUT2D eigenvalue weighted by atomic mass is 16.1. The van der Waals surface area contributed by atoms with Crippen LogP contribution >= 0.6 is 0 Å². The smallest absolute Gasteiger partial charge is 0.271 e. The fourth-order valence-electron chi connectivity index (χ4n) is 4.44. The SMILES string of the molecule is O=C(NCCc1cnc[nH]1)c1ccc(N2CCC3(C=Cc4ccccc43)CC2)nn1. The lowest BCUT2D eigenvalue weighted by molar-refractivity contribution is 0.0948. The van der Waals surface area contributed by atoms with E-state index in [0.717, 1.165) is 37.4 Å². The summed E-state index contributed by atoms with van der Waals surface area (Å²) in [6, 6.07) is 12.3. The van der Waals surface area contributed by atoms with E-state index in [0.29, 0.717) is 18.7 Å². The number of amides is 1. The maximum atomic E-state index is 12.3. The first-order chi connectivity index (χ1) is 14.7.